The number of fused-ring (bicyclic) bond motifs is 1. The van der Waals surface area contributed by atoms with Gasteiger partial charge < -0.3 is 9.64 Å². The summed E-state index contributed by atoms with van der Waals surface area (Å²) < 4.78 is 59.5. The van der Waals surface area contributed by atoms with Crippen LogP contribution in [0.15, 0.2) is 41.3 Å². The van der Waals surface area contributed by atoms with E-state index in [1.165, 1.54) is 18.2 Å². The van der Waals surface area contributed by atoms with Gasteiger partial charge in [0, 0.05) is 12.2 Å². The summed E-state index contributed by atoms with van der Waals surface area (Å²) in [4.78, 5) is 13.3. The largest absolute Gasteiger partial charge is 0.491 e. The molecule has 9 heteroatoms. The van der Waals surface area contributed by atoms with Crippen LogP contribution in [0.25, 0.3) is 0 Å². The third-order valence-electron chi connectivity index (χ3n) is 3.93. The molecule has 2 aromatic rings. The number of rotatable bonds is 4. The number of nitrogens with one attached hydrogen (secondary N) is 1. The van der Waals surface area contributed by atoms with Gasteiger partial charge in [-0.05, 0) is 43.3 Å². The van der Waals surface area contributed by atoms with Gasteiger partial charge in [-0.15, -0.1) is 0 Å². The van der Waals surface area contributed by atoms with E-state index in [1.54, 1.807) is 4.90 Å². The molecule has 0 unspecified atom stereocenters. The van der Waals surface area contributed by atoms with E-state index >= 15 is 0 Å². The number of nitrogens with zero attached hydrogens (tertiary/aromatic N) is 1. The summed E-state index contributed by atoms with van der Waals surface area (Å²) in [6, 6.07) is 6.33. The summed E-state index contributed by atoms with van der Waals surface area (Å²) in [7, 11) is -4.37. The molecule has 0 saturated carbocycles. The van der Waals surface area contributed by atoms with Crippen molar-refractivity contribution in [1.29, 1.82) is 0 Å². The zero-order valence-electron chi connectivity index (χ0n) is 13.8. The predicted octanol–water partition coefficient (Wildman–Crippen LogP) is 2.62. The molecule has 1 amide bonds. The number of amides is 1. The second-order valence-electron chi connectivity index (χ2n) is 5.62. The van der Waals surface area contributed by atoms with Crippen LogP contribution < -0.4 is 9.46 Å². The van der Waals surface area contributed by atoms with E-state index in [1.807, 2.05) is 6.92 Å². The Morgan fingerprint density at radius 3 is 2.69 bits per heavy atom. The highest BCUT2D eigenvalue weighted by Crippen LogP contribution is 2.28. The molecule has 0 saturated heterocycles. The topological polar surface area (TPSA) is 75.7 Å². The minimum Gasteiger partial charge on any atom is -0.491 e. The van der Waals surface area contributed by atoms with Crippen LogP contribution in [-0.2, 0) is 10.0 Å². The average Bonchev–Trinajstić information content (AvgIpc) is 2.75. The quantitative estimate of drug-likeness (QED) is 0.882. The Balaban J connectivity index is 1.96. The Labute approximate surface area is 149 Å². The van der Waals surface area contributed by atoms with Gasteiger partial charge >= 0.3 is 0 Å². The lowest BCUT2D eigenvalue weighted by Crippen LogP contribution is -2.32. The molecule has 138 valence electrons. The van der Waals surface area contributed by atoms with Crippen molar-refractivity contribution in [3.05, 3.63) is 53.6 Å². The maximum atomic E-state index is 13.8. The van der Waals surface area contributed by atoms with E-state index in [4.69, 9.17) is 4.74 Å². The molecule has 26 heavy (non-hydrogen) atoms. The van der Waals surface area contributed by atoms with E-state index in [9.17, 15) is 22.0 Å². The first-order valence-corrected chi connectivity index (χ1v) is 9.34. The van der Waals surface area contributed by atoms with Crippen LogP contribution in [0, 0.1) is 11.6 Å². The van der Waals surface area contributed by atoms with Gasteiger partial charge in [0.05, 0.1) is 12.1 Å². The zero-order chi connectivity index (χ0) is 18.9. The summed E-state index contributed by atoms with van der Waals surface area (Å²) >= 11 is 0. The number of benzene rings is 2. The van der Waals surface area contributed by atoms with Gasteiger partial charge in [-0.2, -0.15) is 0 Å². The summed E-state index contributed by atoms with van der Waals surface area (Å²) in [6.45, 7) is 3.04. The van der Waals surface area contributed by atoms with Crippen molar-refractivity contribution >= 4 is 21.6 Å². The molecule has 3 rings (SSSR count). The van der Waals surface area contributed by atoms with Crippen molar-refractivity contribution in [3.8, 4) is 5.75 Å². The monoisotopic (exact) mass is 382 g/mol. The van der Waals surface area contributed by atoms with Gasteiger partial charge in [-0.3, -0.25) is 9.52 Å². The zero-order valence-corrected chi connectivity index (χ0v) is 14.6. The van der Waals surface area contributed by atoms with Gasteiger partial charge in [-0.25, -0.2) is 17.2 Å². The first-order valence-electron chi connectivity index (χ1n) is 7.86. The number of hydrogen-bond donors (Lipinski definition) is 1. The lowest BCUT2D eigenvalue weighted by atomic mass is 10.1. The molecule has 0 fully saturated rings. The molecule has 0 aromatic heterocycles. The summed E-state index contributed by atoms with van der Waals surface area (Å²) in [6.07, 6.45) is 0. The number of anilines is 1. The number of carbonyl (C=O) groups excluding carboxylic acids is 1. The third-order valence-corrected chi connectivity index (χ3v) is 5.33. The molecule has 0 bridgehead atoms. The Morgan fingerprint density at radius 1 is 1.19 bits per heavy atom. The normalized spacial score (nSPS) is 14.4. The van der Waals surface area contributed by atoms with Crippen molar-refractivity contribution in [2.24, 2.45) is 0 Å². The fraction of sp³-hybridized carbons (Fsp3) is 0.235. The van der Waals surface area contributed by atoms with Crippen LogP contribution in [0.2, 0.25) is 0 Å². The van der Waals surface area contributed by atoms with Crippen LogP contribution >= 0.6 is 0 Å². The Morgan fingerprint density at radius 2 is 1.96 bits per heavy atom. The molecule has 1 aliphatic heterocycles. The summed E-state index contributed by atoms with van der Waals surface area (Å²) in [5.74, 6) is -1.91. The molecule has 1 heterocycles. The van der Waals surface area contributed by atoms with Gasteiger partial charge in [-0.1, -0.05) is 0 Å². The minimum absolute atomic E-state index is 0.0438. The lowest BCUT2D eigenvalue weighted by molar-refractivity contribution is 0.0765. The highest BCUT2D eigenvalue weighted by molar-refractivity contribution is 7.92. The summed E-state index contributed by atoms with van der Waals surface area (Å²) in [5, 5.41) is 0. The van der Waals surface area contributed by atoms with E-state index in [0.717, 1.165) is 12.1 Å². The van der Waals surface area contributed by atoms with E-state index < -0.39 is 26.6 Å². The molecule has 0 aliphatic carbocycles. The van der Waals surface area contributed by atoms with Gasteiger partial charge in [0.1, 0.15) is 28.9 Å². The third kappa shape index (κ3) is 3.48. The number of hydrogen-bond acceptors (Lipinski definition) is 4. The molecule has 0 atom stereocenters. The van der Waals surface area contributed by atoms with Crippen molar-refractivity contribution in [2.75, 3.05) is 24.4 Å². The number of carbonyl (C=O) groups is 1. The number of likely N-dealkylation sites (N-methyl/N-ethyl adjacent to an activating group) is 1. The number of sulfonamides is 1. The van der Waals surface area contributed by atoms with E-state index in [-0.39, 0.29) is 17.2 Å². The Bertz CT molecular complexity index is 963. The van der Waals surface area contributed by atoms with Crippen LogP contribution in [0.1, 0.15) is 17.3 Å². The predicted molar refractivity (Wildman–Crippen MR) is 90.7 cm³/mol. The first-order chi connectivity index (χ1) is 12.3. The van der Waals surface area contributed by atoms with Crippen LogP contribution in [-0.4, -0.2) is 38.9 Å². The van der Waals surface area contributed by atoms with Crippen molar-refractivity contribution in [1.82, 2.24) is 4.90 Å². The van der Waals surface area contributed by atoms with Crippen molar-refractivity contribution in [3.63, 3.8) is 0 Å². The highest BCUT2D eigenvalue weighted by atomic mass is 32.2. The van der Waals surface area contributed by atoms with Crippen LogP contribution in [0.5, 0.6) is 5.75 Å². The summed E-state index contributed by atoms with van der Waals surface area (Å²) in [5.41, 5.74) is 0.242. The molecule has 1 N–H and O–H groups in total. The maximum absolute atomic E-state index is 13.8. The van der Waals surface area contributed by atoms with Crippen LogP contribution in [0.4, 0.5) is 14.5 Å². The maximum Gasteiger partial charge on any atom is 0.264 e. The number of halogens is 2. The molecular formula is C17H16F2N2O4S. The second-order valence-corrected chi connectivity index (χ2v) is 7.28. The molecule has 6 nitrogen and oxygen atoms in total. The SMILES string of the molecule is CCN1CCOc2ccc(NS(=O)(=O)c3cc(F)ccc3F)cc2C1=O. The van der Waals surface area contributed by atoms with Gasteiger partial charge in [0.15, 0.2) is 0 Å². The lowest BCUT2D eigenvalue weighted by Gasteiger charge is -2.17. The number of ether oxygens (including phenoxy) is 1. The smallest absolute Gasteiger partial charge is 0.264 e. The fourth-order valence-electron chi connectivity index (χ4n) is 2.62. The standard InChI is InChI=1S/C17H16F2N2O4S/c1-2-21-7-8-25-15-6-4-12(10-13(15)17(21)22)20-26(23,24)16-9-11(18)3-5-14(16)19/h3-6,9-10,20H,2,7-8H2,1H3. The van der Waals surface area contributed by atoms with Gasteiger partial charge in [0.25, 0.3) is 15.9 Å². The van der Waals surface area contributed by atoms with E-state index in [0.29, 0.717) is 31.5 Å². The molecular weight excluding hydrogens is 366 g/mol. The first kappa shape index (κ1) is 18.1. The molecule has 2 aromatic carbocycles. The Kier molecular flexibility index (Phi) is 4.82. The second kappa shape index (κ2) is 6.91. The molecule has 0 radical (unpaired) electrons. The van der Waals surface area contributed by atoms with E-state index in [2.05, 4.69) is 4.72 Å². The fourth-order valence-corrected chi connectivity index (χ4v) is 3.76. The average molecular weight is 382 g/mol. The highest BCUT2D eigenvalue weighted by Gasteiger charge is 2.25. The Hall–Kier alpha value is -2.68. The molecule has 1 aliphatic rings. The van der Waals surface area contributed by atoms with Crippen LogP contribution in [0.3, 0.4) is 0 Å². The minimum atomic E-state index is -4.37. The van der Waals surface area contributed by atoms with Crippen molar-refractivity contribution < 1.29 is 26.7 Å². The van der Waals surface area contributed by atoms with Gasteiger partial charge in [0.2, 0.25) is 0 Å². The molecule has 0 spiro atoms. The van der Waals surface area contributed by atoms with Crippen molar-refractivity contribution in [2.45, 2.75) is 11.8 Å².